The van der Waals surface area contributed by atoms with E-state index in [-0.39, 0.29) is 17.8 Å². The Morgan fingerprint density at radius 1 is 1.17 bits per heavy atom. The highest BCUT2D eigenvalue weighted by molar-refractivity contribution is 9.10. The molecular weight excluding hydrogens is 530 g/mol. The predicted octanol–water partition coefficient (Wildman–Crippen LogP) is 6.81. The lowest BCUT2D eigenvalue weighted by molar-refractivity contribution is -0.144. The summed E-state index contributed by atoms with van der Waals surface area (Å²) in [6, 6.07) is 13.3. The summed E-state index contributed by atoms with van der Waals surface area (Å²) in [5.74, 6) is -0.184. The van der Waals surface area contributed by atoms with Crippen molar-refractivity contribution >= 4 is 39.3 Å². The van der Waals surface area contributed by atoms with E-state index in [2.05, 4.69) is 21.2 Å². The molecule has 0 amide bonds. The Kier molecular flexibility index (Phi) is 7.72. The highest BCUT2D eigenvalue weighted by Crippen LogP contribution is 2.46. The van der Waals surface area contributed by atoms with Crippen LogP contribution in [0.3, 0.4) is 0 Å². The number of carbonyl (C=O) groups is 2. The van der Waals surface area contributed by atoms with E-state index in [0.717, 1.165) is 21.3 Å². The number of Topliss-reactive ketones (excluding diaryl/α,β-unsaturated/α-hetero) is 1. The fraction of sp³-hybridized carbons (Fsp3) is 0.357. The van der Waals surface area contributed by atoms with E-state index < -0.39 is 11.9 Å². The van der Waals surface area contributed by atoms with Crippen molar-refractivity contribution in [3.8, 4) is 5.75 Å². The van der Waals surface area contributed by atoms with Gasteiger partial charge in [0, 0.05) is 34.3 Å². The summed E-state index contributed by atoms with van der Waals surface area (Å²) in [6.07, 6.45) is 1.52. The number of allylic oxidation sites excluding steroid dienone is 3. The molecule has 35 heavy (non-hydrogen) atoms. The molecule has 0 saturated carbocycles. The molecule has 0 radical (unpaired) electrons. The maximum atomic E-state index is 13.7. The first-order valence-corrected chi connectivity index (χ1v) is 12.9. The Morgan fingerprint density at radius 3 is 2.49 bits per heavy atom. The van der Waals surface area contributed by atoms with Gasteiger partial charge in [-0.25, -0.2) is 4.79 Å². The molecule has 5 nitrogen and oxygen atoms in total. The van der Waals surface area contributed by atoms with Crippen molar-refractivity contribution < 1.29 is 19.1 Å². The van der Waals surface area contributed by atoms with Gasteiger partial charge in [0.15, 0.2) is 5.78 Å². The lowest BCUT2D eigenvalue weighted by atomic mass is 9.71. The zero-order chi connectivity index (χ0) is 25.3. The number of rotatable bonds is 6. The molecule has 0 spiro atoms. The van der Waals surface area contributed by atoms with Crippen molar-refractivity contribution in [3.05, 3.63) is 85.6 Å². The normalized spacial score (nSPS) is 20.8. The first kappa shape index (κ1) is 25.5. The van der Waals surface area contributed by atoms with Gasteiger partial charge in [-0.2, -0.15) is 0 Å². The summed E-state index contributed by atoms with van der Waals surface area (Å²) < 4.78 is 11.9. The molecule has 7 heteroatoms. The second kappa shape index (κ2) is 10.6. The lowest BCUT2D eigenvalue weighted by Gasteiger charge is -2.37. The Hall–Kier alpha value is -2.57. The van der Waals surface area contributed by atoms with Crippen molar-refractivity contribution in [2.45, 2.75) is 58.0 Å². The van der Waals surface area contributed by atoms with Crippen LogP contribution in [0.25, 0.3) is 0 Å². The molecule has 0 unspecified atom stereocenters. The summed E-state index contributed by atoms with van der Waals surface area (Å²) in [4.78, 5) is 27.1. The fourth-order valence-corrected chi connectivity index (χ4v) is 5.49. The Morgan fingerprint density at radius 2 is 1.86 bits per heavy atom. The third kappa shape index (κ3) is 5.19. The van der Waals surface area contributed by atoms with E-state index in [1.165, 1.54) is 0 Å². The molecular formula is C28H29BrClNO4. The van der Waals surface area contributed by atoms with E-state index in [1.807, 2.05) is 63.2 Å². The van der Waals surface area contributed by atoms with Gasteiger partial charge in [-0.1, -0.05) is 36.7 Å². The molecule has 2 aliphatic rings. The van der Waals surface area contributed by atoms with Gasteiger partial charge in [0.25, 0.3) is 0 Å². The number of hydrogen-bond donors (Lipinski definition) is 1. The van der Waals surface area contributed by atoms with Crippen molar-refractivity contribution in [2.75, 3.05) is 7.11 Å². The van der Waals surface area contributed by atoms with Crippen LogP contribution in [0.1, 0.15) is 63.0 Å². The number of esters is 1. The van der Waals surface area contributed by atoms with Gasteiger partial charge in [-0.05, 0) is 83.9 Å². The SMILES string of the molecule is CC[C@H](C)OC(=O)C1=C(C)NC2=C(C(=O)C[C@@H](c3ccc(Cl)cc3)C2)[C@H]1c1ccc(OC)c(Br)c1. The lowest BCUT2D eigenvalue weighted by Crippen LogP contribution is -2.36. The quantitative estimate of drug-likeness (QED) is 0.394. The van der Waals surface area contributed by atoms with Gasteiger partial charge >= 0.3 is 5.97 Å². The van der Waals surface area contributed by atoms with E-state index >= 15 is 0 Å². The Balaban J connectivity index is 1.80. The van der Waals surface area contributed by atoms with Gasteiger partial charge in [0.1, 0.15) is 5.75 Å². The van der Waals surface area contributed by atoms with Crippen LogP contribution in [0.4, 0.5) is 0 Å². The Labute approximate surface area is 219 Å². The molecule has 184 valence electrons. The summed E-state index contributed by atoms with van der Waals surface area (Å²) in [6.45, 7) is 5.72. The molecule has 0 saturated heterocycles. The molecule has 4 rings (SSSR count). The predicted molar refractivity (Wildman–Crippen MR) is 141 cm³/mol. The number of benzene rings is 2. The number of carbonyl (C=O) groups excluding carboxylic acids is 2. The van der Waals surface area contributed by atoms with Crippen LogP contribution in [0.2, 0.25) is 5.02 Å². The van der Waals surface area contributed by atoms with Crippen LogP contribution < -0.4 is 10.1 Å². The van der Waals surface area contributed by atoms with Gasteiger partial charge < -0.3 is 14.8 Å². The molecule has 2 aromatic carbocycles. The maximum absolute atomic E-state index is 13.7. The number of methoxy groups -OCH3 is 1. The number of halogens is 2. The fourth-order valence-electron chi connectivity index (χ4n) is 4.81. The molecule has 0 fully saturated rings. The largest absolute Gasteiger partial charge is 0.496 e. The summed E-state index contributed by atoms with van der Waals surface area (Å²) in [5.41, 5.74) is 4.58. The number of hydrogen-bond acceptors (Lipinski definition) is 5. The molecule has 0 bridgehead atoms. The van der Waals surface area contributed by atoms with Gasteiger partial charge in [-0.3, -0.25) is 4.79 Å². The smallest absolute Gasteiger partial charge is 0.337 e. The third-order valence-corrected chi connectivity index (χ3v) is 7.65. The number of ketones is 1. The standard InChI is InChI=1S/C28H29BrClNO4/c1-5-15(2)35-28(33)25-16(3)31-22-13-19(17-6-9-20(30)10-7-17)14-23(32)27(22)26(25)18-8-11-24(34-4)21(29)12-18/h6-12,15,19,26,31H,5,13-14H2,1-4H3/t15-,19-,26-/m0/s1. The summed E-state index contributed by atoms with van der Waals surface area (Å²) in [7, 11) is 1.60. The molecule has 1 aliphatic carbocycles. The van der Waals surface area contributed by atoms with Gasteiger partial charge in [0.2, 0.25) is 0 Å². The maximum Gasteiger partial charge on any atom is 0.337 e. The highest BCUT2D eigenvalue weighted by Gasteiger charge is 2.41. The molecule has 1 N–H and O–H groups in total. The number of dihydropyridines is 1. The van der Waals surface area contributed by atoms with Crippen molar-refractivity contribution in [2.24, 2.45) is 0 Å². The minimum absolute atomic E-state index is 0.0250. The van der Waals surface area contributed by atoms with Crippen LogP contribution in [0, 0.1) is 0 Å². The number of nitrogens with one attached hydrogen (secondary N) is 1. The van der Waals surface area contributed by atoms with Crippen LogP contribution >= 0.6 is 27.5 Å². The van der Waals surface area contributed by atoms with E-state index in [9.17, 15) is 9.59 Å². The Bertz CT molecular complexity index is 1220. The molecule has 1 aliphatic heterocycles. The van der Waals surface area contributed by atoms with E-state index in [4.69, 9.17) is 21.1 Å². The van der Waals surface area contributed by atoms with Crippen LogP contribution in [0.5, 0.6) is 5.75 Å². The van der Waals surface area contributed by atoms with Crippen molar-refractivity contribution in [1.29, 1.82) is 0 Å². The molecule has 1 heterocycles. The average Bonchev–Trinajstić information content (AvgIpc) is 2.83. The zero-order valence-electron chi connectivity index (χ0n) is 20.3. The van der Waals surface area contributed by atoms with Gasteiger partial charge in [-0.15, -0.1) is 0 Å². The monoisotopic (exact) mass is 557 g/mol. The second-order valence-electron chi connectivity index (χ2n) is 9.09. The van der Waals surface area contributed by atoms with Crippen molar-refractivity contribution in [1.82, 2.24) is 5.32 Å². The zero-order valence-corrected chi connectivity index (χ0v) is 22.6. The topological polar surface area (TPSA) is 64.6 Å². The first-order chi connectivity index (χ1) is 16.7. The molecule has 0 aromatic heterocycles. The number of ether oxygens (including phenoxy) is 2. The van der Waals surface area contributed by atoms with E-state index in [0.29, 0.717) is 46.9 Å². The van der Waals surface area contributed by atoms with Crippen LogP contribution in [-0.4, -0.2) is 25.0 Å². The first-order valence-electron chi connectivity index (χ1n) is 11.8. The van der Waals surface area contributed by atoms with E-state index in [1.54, 1.807) is 7.11 Å². The van der Waals surface area contributed by atoms with Gasteiger partial charge in [0.05, 0.1) is 23.3 Å². The minimum Gasteiger partial charge on any atom is -0.496 e. The van der Waals surface area contributed by atoms with Crippen molar-refractivity contribution in [3.63, 3.8) is 0 Å². The van der Waals surface area contributed by atoms with Crippen LogP contribution in [-0.2, 0) is 14.3 Å². The average molecular weight is 559 g/mol. The summed E-state index contributed by atoms with van der Waals surface area (Å²) in [5, 5.41) is 4.06. The summed E-state index contributed by atoms with van der Waals surface area (Å²) >= 11 is 9.63. The molecule has 3 atom stereocenters. The highest BCUT2D eigenvalue weighted by atomic mass is 79.9. The third-order valence-electron chi connectivity index (χ3n) is 6.78. The minimum atomic E-state index is -0.524. The second-order valence-corrected chi connectivity index (χ2v) is 10.4. The molecule has 2 aromatic rings. The van der Waals surface area contributed by atoms with Crippen LogP contribution in [0.15, 0.2) is 69.5 Å².